The second-order valence-corrected chi connectivity index (χ2v) is 8.57. The van der Waals surface area contributed by atoms with Crippen molar-refractivity contribution >= 4 is 16.0 Å². The van der Waals surface area contributed by atoms with Crippen LogP contribution in [0.5, 0.6) is 0 Å². The molecule has 118 valence electrons. The van der Waals surface area contributed by atoms with Crippen molar-refractivity contribution in [2.75, 3.05) is 13.6 Å². The van der Waals surface area contributed by atoms with Gasteiger partial charge in [-0.05, 0) is 36.5 Å². The Bertz CT molecular complexity index is 657. The molecule has 0 unspecified atom stereocenters. The number of nitrogens with zero attached hydrogens (tertiary/aromatic N) is 1. The van der Waals surface area contributed by atoms with Gasteiger partial charge in [-0.25, -0.2) is 17.5 Å². The Morgan fingerprint density at radius 2 is 1.71 bits per heavy atom. The van der Waals surface area contributed by atoms with Gasteiger partial charge in [0.25, 0.3) is 0 Å². The summed E-state index contributed by atoms with van der Waals surface area (Å²) in [7, 11) is -2.19. The Morgan fingerprint density at radius 1 is 1.19 bits per heavy atom. The predicted octanol–water partition coefficient (Wildman–Crippen LogP) is 2.67. The summed E-state index contributed by atoms with van der Waals surface area (Å²) in [5.41, 5.74) is 0.940. The lowest BCUT2D eigenvalue weighted by molar-refractivity contribution is 0.0696. The van der Waals surface area contributed by atoms with Crippen LogP contribution in [-0.2, 0) is 10.0 Å². The molecule has 0 saturated carbocycles. The average Bonchev–Trinajstić information content (AvgIpc) is 2.25. The van der Waals surface area contributed by atoms with Gasteiger partial charge in [-0.15, -0.1) is 0 Å². The van der Waals surface area contributed by atoms with Crippen LogP contribution in [0.1, 0.15) is 42.3 Å². The molecule has 0 heterocycles. The molecule has 0 aliphatic heterocycles. The molecule has 0 radical (unpaired) electrons. The minimum absolute atomic E-state index is 0.0170. The van der Waals surface area contributed by atoms with Crippen molar-refractivity contribution in [3.63, 3.8) is 0 Å². The summed E-state index contributed by atoms with van der Waals surface area (Å²) in [6, 6.07) is 2.85. The van der Waals surface area contributed by atoms with E-state index in [4.69, 9.17) is 5.11 Å². The molecule has 21 heavy (non-hydrogen) atoms. The van der Waals surface area contributed by atoms with Crippen LogP contribution in [0.3, 0.4) is 0 Å². The summed E-state index contributed by atoms with van der Waals surface area (Å²) in [6.07, 6.45) is 0. The molecule has 0 amide bonds. The number of carboxylic acids is 1. The Morgan fingerprint density at radius 3 is 2.14 bits per heavy atom. The molecule has 0 fully saturated rings. The molecular weight excluding hydrogens is 290 g/mol. The van der Waals surface area contributed by atoms with E-state index in [-0.39, 0.29) is 15.9 Å². The van der Waals surface area contributed by atoms with E-state index >= 15 is 0 Å². The first-order valence-corrected chi connectivity index (χ1v) is 8.11. The van der Waals surface area contributed by atoms with E-state index in [1.807, 2.05) is 20.8 Å². The summed E-state index contributed by atoms with van der Waals surface area (Å²) >= 11 is 0. The van der Waals surface area contributed by atoms with Crippen molar-refractivity contribution in [2.45, 2.75) is 39.5 Å². The van der Waals surface area contributed by atoms with Crippen LogP contribution in [0.2, 0.25) is 0 Å². The molecule has 1 aromatic rings. The summed E-state index contributed by atoms with van der Waals surface area (Å²) in [5.74, 6) is -1.12. The number of carboxylic acid groups (broad SMARTS) is 1. The van der Waals surface area contributed by atoms with Crippen molar-refractivity contribution in [3.8, 4) is 0 Å². The van der Waals surface area contributed by atoms with Gasteiger partial charge in [-0.1, -0.05) is 26.8 Å². The second-order valence-electron chi connectivity index (χ2n) is 6.56. The molecule has 1 N–H and O–H groups in total. The summed E-state index contributed by atoms with van der Waals surface area (Å²) in [6.45, 7) is 9.53. The van der Waals surface area contributed by atoms with Gasteiger partial charge in [0, 0.05) is 13.6 Å². The number of sulfonamides is 1. The number of benzene rings is 1. The smallest absolute Gasteiger partial charge is 0.335 e. The average molecular weight is 313 g/mol. The lowest BCUT2D eigenvalue weighted by atomic mass is 9.97. The number of hydrogen-bond donors (Lipinski definition) is 1. The summed E-state index contributed by atoms with van der Waals surface area (Å²) < 4.78 is 26.6. The molecule has 6 heteroatoms. The van der Waals surface area contributed by atoms with E-state index in [0.717, 1.165) is 0 Å². The molecule has 1 aromatic carbocycles. The van der Waals surface area contributed by atoms with Crippen LogP contribution in [0, 0.1) is 19.3 Å². The molecule has 1 rings (SSSR count). The molecule has 0 aliphatic carbocycles. The van der Waals surface area contributed by atoms with Gasteiger partial charge in [0.05, 0.1) is 10.5 Å². The largest absolute Gasteiger partial charge is 0.478 e. The van der Waals surface area contributed by atoms with Gasteiger partial charge < -0.3 is 5.11 Å². The maximum absolute atomic E-state index is 12.6. The van der Waals surface area contributed by atoms with E-state index in [1.54, 1.807) is 19.9 Å². The van der Waals surface area contributed by atoms with Crippen LogP contribution < -0.4 is 0 Å². The molecule has 0 saturated heterocycles. The standard InChI is InChI=1S/C15H23NO4S/c1-10-7-11(2)13(8-12(10)14(17)18)21(19,20)16(6)9-15(3,4)5/h7-8H,9H2,1-6H3,(H,17,18). The minimum Gasteiger partial charge on any atom is -0.478 e. The highest BCUT2D eigenvalue weighted by molar-refractivity contribution is 7.89. The molecule has 0 spiro atoms. The van der Waals surface area contributed by atoms with Crippen LogP contribution >= 0.6 is 0 Å². The fourth-order valence-corrected chi connectivity index (χ4v) is 3.89. The van der Waals surface area contributed by atoms with Gasteiger partial charge in [0.2, 0.25) is 10.0 Å². The third-order valence-electron chi connectivity index (χ3n) is 3.14. The van der Waals surface area contributed by atoms with E-state index in [2.05, 4.69) is 0 Å². The van der Waals surface area contributed by atoms with Gasteiger partial charge in [-0.3, -0.25) is 0 Å². The van der Waals surface area contributed by atoms with Crippen LogP contribution in [-0.4, -0.2) is 37.4 Å². The third-order valence-corrected chi connectivity index (χ3v) is 5.08. The number of aromatic carboxylic acids is 1. The molecule has 0 bridgehead atoms. The minimum atomic E-state index is -3.71. The first-order valence-electron chi connectivity index (χ1n) is 6.67. The number of carbonyl (C=O) groups is 1. The quantitative estimate of drug-likeness (QED) is 0.927. The van der Waals surface area contributed by atoms with E-state index in [1.165, 1.54) is 17.4 Å². The predicted molar refractivity (Wildman–Crippen MR) is 82.1 cm³/mol. The maximum atomic E-state index is 12.6. The fraction of sp³-hybridized carbons (Fsp3) is 0.533. The molecule has 0 aliphatic rings. The van der Waals surface area contributed by atoms with Crippen molar-refractivity contribution in [2.24, 2.45) is 5.41 Å². The first kappa shape index (κ1) is 17.7. The number of aryl methyl sites for hydroxylation is 2. The number of rotatable bonds is 4. The Labute approximate surface area is 126 Å². The highest BCUT2D eigenvalue weighted by atomic mass is 32.2. The molecule has 0 aromatic heterocycles. The fourth-order valence-electron chi connectivity index (χ4n) is 2.26. The van der Waals surface area contributed by atoms with Gasteiger partial charge in [-0.2, -0.15) is 0 Å². The zero-order valence-electron chi connectivity index (χ0n) is 13.4. The topological polar surface area (TPSA) is 74.7 Å². The molecule has 5 nitrogen and oxygen atoms in total. The van der Waals surface area contributed by atoms with Crippen LogP contribution in [0.4, 0.5) is 0 Å². The SMILES string of the molecule is Cc1cc(C)c(S(=O)(=O)N(C)CC(C)(C)C)cc1C(=O)O. The second kappa shape index (κ2) is 5.77. The van der Waals surface area contributed by atoms with Crippen molar-refractivity contribution in [3.05, 3.63) is 28.8 Å². The van der Waals surface area contributed by atoms with Gasteiger partial charge in [0.15, 0.2) is 0 Å². The summed E-state index contributed by atoms with van der Waals surface area (Å²) in [5, 5.41) is 9.16. The lowest BCUT2D eigenvalue weighted by Gasteiger charge is -2.26. The number of hydrogen-bond acceptors (Lipinski definition) is 3. The first-order chi connectivity index (χ1) is 9.36. The lowest BCUT2D eigenvalue weighted by Crippen LogP contribution is -2.35. The van der Waals surface area contributed by atoms with Crippen LogP contribution in [0.15, 0.2) is 17.0 Å². The zero-order valence-corrected chi connectivity index (χ0v) is 14.2. The van der Waals surface area contributed by atoms with Gasteiger partial charge in [0.1, 0.15) is 0 Å². The van der Waals surface area contributed by atoms with Crippen molar-refractivity contribution in [1.82, 2.24) is 4.31 Å². The van der Waals surface area contributed by atoms with E-state index in [9.17, 15) is 13.2 Å². The van der Waals surface area contributed by atoms with Crippen LogP contribution in [0.25, 0.3) is 0 Å². The summed E-state index contributed by atoms with van der Waals surface area (Å²) in [4.78, 5) is 11.3. The maximum Gasteiger partial charge on any atom is 0.335 e. The van der Waals surface area contributed by atoms with Crippen molar-refractivity contribution < 1.29 is 18.3 Å². The normalized spacial score (nSPS) is 12.7. The van der Waals surface area contributed by atoms with E-state index in [0.29, 0.717) is 17.7 Å². The Balaban J connectivity index is 3.38. The van der Waals surface area contributed by atoms with Crippen molar-refractivity contribution in [1.29, 1.82) is 0 Å². The highest BCUT2D eigenvalue weighted by Crippen LogP contribution is 2.25. The molecular formula is C15H23NO4S. The van der Waals surface area contributed by atoms with E-state index < -0.39 is 16.0 Å². The Kier molecular flexibility index (Phi) is 4.85. The Hall–Kier alpha value is -1.40. The molecule has 0 atom stereocenters. The monoisotopic (exact) mass is 313 g/mol. The van der Waals surface area contributed by atoms with Gasteiger partial charge >= 0.3 is 5.97 Å². The zero-order chi connectivity index (χ0) is 16.6. The third kappa shape index (κ3) is 4.04. The highest BCUT2D eigenvalue weighted by Gasteiger charge is 2.28.